The van der Waals surface area contributed by atoms with E-state index in [1.807, 2.05) is 6.07 Å². The van der Waals surface area contributed by atoms with Crippen molar-refractivity contribution in [2.24, 2.45) is 10.9 Å². The molecule has 3 rings (SSSR count). The Hall–Kier alpha value is -1.58. The minimum absolute atomic E-state index is 0.0965. The number of halogens is 1. The van der Waals surface area contributed by atoms with Crippen LogP contribution in [0.1, 0.15) is 31.2 Å². The fourth-order valence-electron chi connectivity index (χ4n) is 2.57. The van der Waals surface area contributed by atoms with Gasteiger partial charge in [-0.15, -0.1) is 0 Å². The number of benzene rings is 1. The van der Waals surface area contributed by atoms with Gasteiger partial charge in [-0.05, 0) is 49.3 Å². The zero-order chi connectivity index (χ0) is 14.0. The van der Waals surface area contributed by atoms with Gasteiger partial charge in [0.2, 0.25) is 0 Å². The normalized spacial score (nSPS) is 20.6. The van der Waals surface area contributed by atoms with Gasteiger partial charge in [0, 0.05) is 25.6 Å². The molecule has 0 heterocycles. The summed E-state index contributed by atoms with van der Waals surface area (Å²) in [6.07, 6.45) is 4.89. The Morgan fingerprint density at radius 3 is 2.75 bits per heavy atom. The van der Waals surface area contributed by atoms with Crippen LogP contribution in [0, 0.1) is 11.7 Å². The van der Waals surface area contributed by atoms with Crippen molar-refractivity contribution in [2.75, 3.05) is 20.1 Å². The first-order chi connectivity index (χ1) is 9.72. The maximum atomic E-state index is 13.4. The number of hydrogen-bond donors (Lipinski definition) is 2. The van der Waals surface area contributed by atoms with Gasteiger partial charge in [-0.3, -0.25) is 4.99 Å². The lowest BCUT2D eigenvalue weighted by Crippen LogP contribution is -2.42. The van der Waals surface area contributed by atoms with Crippen LogP contribution in [0.15, 0.2) is 29.3 Å². The molecule has 1 aromatic rings. The van der Waals surface area contributed by atoms with E-state index in [9.17, 15) is 4.39 Å². The molecule has 4 heteroatoms. The van der Waals surface area contributed by atoms with Crippen molar-refractivity contribution < 1.29 is 4.39 Å². The summed E-state index contributed by atoms with van der Waals surface area (Å²) < 4.78 is 13.4. The molecular weight excluding hydrogens is 253 g/mol. The molecule has 20 heavy (non-hydrogen) atoms. The largest absolute Gasteiger partial charge is 0.356 e. The molecule has 2 fully saturated rings. The van der Waals surface area contributed by atoms with Crippen molar-refractivity contribution in [3.05, 3.63) is 35.6 Å². The van der Waals surface area contributed by atoms with Gasteiger partial charge in [0.05, 0.1) is 0 Å². The third kappa shape index (κ3) is 3.11. The Morgan fingerprint density at radius 2 is 2.15 bits per heavy atom. The summed E-state index contributed by atoms with van der Waals surface area (Å²) in [5, 5.41) is 6.75. The molecule has 0 radical (unpaired) electrons. The van der Waals surface area contributed by atoms with Crippen molar-refractivity contribution in [3.63, 3.8) is 0 Å². The molecule has 0 unspecified atom stereocenters. The topological polar surface area (TPSA) is 36.4 Å². The highest BCUT2D eigenvalue weighted by Crippen LogP contribution is 2.47. The maximum Gasteiger partial charge on any atom is 0.191 e. The first-order valence-electron chi connectivity index (χ1n) is 7.42. The first kappa shape index (κ1) is 13.4. The van der Waals surface area contributed by atoms with E-state index in [4.69, 9.17) is 0 Å². The van der Waals surface area contributed by atoms with E-state index in [2.05, 4.69) is 15.6 Å². The molecule has 2 aliphatic carbocycles. The van der Waals surface area contributed by atoms with Crippen molar-refractivity contribution in [3.8, 4) is 0 Å². The van der Waals surface area contributed by atoms with E-state index in [0.717, 1.165) is 43.4 Å². The molecule has 0 saturated heterocycles. The van der Waals surface area contributed by atoms with Gasteiger partial charge in [0.25, 0.3) is 0 Å². The van der Waals surface area contributed by atoms with Crippen LogP contribution >= 0.6 is 0 Å². The van der Waals surface area contributed by atoms with Crippen LogP contribution in [0.2, 0.25) is 0 Å². The summed E-state index contributed by atoms with van der Waals surface area (Å²) >= 11 is 0. The minimum atomic E-state index is -0.148. The molecule has 1 aromatic carbocycles. The van der Waals surface area contributed by atoms with E-state index >= 15 is 0 Å². The van der Waals surface area contributed by atoms with Crippen molar-refractivity contribution in [1.29, 1.82) is 0 Å². The second-order valence-corrected chi connectivity index (χ2v) is 6.04. The lowest BCUT2D eigenvalue weighted by atomic mass is 9.96. The second-order valence-electron chi connectivity index (χ2n) is 6.04. The first-order valence-corrected chi connectivity index (χ1v) is 7.42. The van der Waals surface area contributed by atoms with Crippen LogP contribution in [0.5, 0.6) is 0 Å². The van der Waals surface area contributed by atoms with Gasteiger partial charge in [0.1, 0.15) is 5.82 Å². The monoisotopic (exact) mass is 275 g/mol. The van der Waals surface area contributed by atoms with E-state index in [0.29, 0.717) is 0 Å². The van der Waals surface area contributed by atoms with Crippen molar-refractivity contribution >= 4 is 5.96 Å². The Balaban J connectivity index is 1.56. The Labute approximate surface area is 119 Å². The summed E-state index contributed by atoms with van der Waals surface area (Å²) in [4.78, 5) is 4.25. The summed E-state index contributed by atoms with van der Waals surface area (Å²) in [7, 11) is 1.80. The van der Waals surface area contributed by atoms with Gasteiger partial charge in [-0.1, -0.05) is 12.1 Å². The molecule has 0 aliphatic heterocycles. The van der Waals surface area contributed by atoms with Gasteiger partial charge >= 0.3 is 0 Å². The Kier molecular flexibility index (Phi) is 3.64. The van der Waals surface area contributed by atoms with Crippen LogP contribution in [-0.2, 0) is 5.41 Å². The van der Waals surface area contributed by atoms with Gasteiger partial charge < -0.3 is 10.6 Å². The number of rotatable bonds is 5. The molecule has 2 saturated carbocycles. The highest BCUT2D eigenvalue weighted by molar-refractivity contribution is 5.79. The van der Waals surface area contributed by atoms with Crippen LogP contribution in [-0.4, -0.2) is 26.1 Å². The lowest BCUT2D eigenvalue weighted by Gasteiger charge is -2.19. The number of hydrogen-bond acceptors (Lipinski definition) is 1. The Morgan fingerprint density at radius 1 is 1.35 bits per heavy atom. The predicted octanol–water partition coefficient (Wildman–Crippen LogP) is 2.43. The molecule has 0 aromatic heterocycles. The third-order valence-corrected chi connectivity index (χ3v) is 4.36. The van der Waals surface area contributed by atoms with Crippen LogP contribution in [0.3, 0.4) is 0 Å². The summed E-state index contributed by atoms with van der Waals surface area (Å²) in [5.74, 6) is 1.54. The smallest absolute Gasteiger partial charge is 0.191 e. The summed E-state index contributed by atoms with van der Waals surface area (Å²) in [6, 6.07) is 6.99. The minimum Gasteiger partial charge on any atom is -0.356 e. The summed E-state index contributed by atoms with van der Waals surface area (Å²) in [6.45, 7) is 1.83. The highest BCUT2D eigenvalue weighted by atomic mass is 19.1. The fraction of sp³-hybridized carbons (Fsp3) is 0.562. The average Bonchev–Trinajstić information content (AvgIpc) is 3.35. The maximum absolute atomic E-state index is 13.4. The van der Waals surface area contributed by atoms with Crippen LogP contribution < -0.4 is 10.6 Å². The van der Waals surface area contributed by atoms with Crippen LogP contribution in [0.25, 0.3) is 0 Å². The van der Waals surface area contributed by atoms with E-state index < -0.39 is 0 Å². The van der Waals surface area contributed by atoms with Crippen LogP contribution in [0.4, 0.5) is 4.39 Å². The molecule has 108 valence electrons. The van der Waals surface area contributed by atoms with Crippen molar-refractivity contribution in [1.82, 2.24) is 10.6 Å². The number of nitrogens with one attached hydrogen (secondary N) is 2. The Bertz CT molecular complexity index is 504. The SMILES string of the molecule is CN=C(NCC1CC1)NCC1(c2cccc(F)c2)CC1. The molecule has 2 aliphatic rings. The van der Waals surface area contributed by atoms with Gasteiger partial charge in [-0.2, -0.15) is 0 Å². The molecule has 0 atom stereocenters. The zero-order valence-corrected chi connectivity index (χ0v) is 12.0. The quantitative estimate of drug-likeness (QED) is 0.639. The molecule has 0 amide bonds. The van der Waals surface area contributed by atoms with E-state index in [-0.39, 0.29) is 11.2 Å². The summed E-state index contributed by atoms with van der Waals surface area (Å²) in [5.41, 5.74) is 1.20. The fourth-order valence-corrected chi connectivity index (χ4v) is 2.57. The molecule has 2 N–H and O–H groups in total. The predicted molar refractivity (Wildman–Crippen MR) is 79.4 cm³/mol. The zero-order valence-electron chi connectivity index (χ0n) is 12.0. The van der Waals surface area contributed by atoms with Crippen molar-refractivity contribution in [2.45, 2.75) is 31.1 Å². The second kappa shape index (κ2) is 5.43. The standard InChI is InChI=1S/C16H22FN3/c1-18-15(19-10-12-5-6-12)20-11-16(7-8-16)13-3-2-4-14(17)9-13/h2-4,9,12H,5-8,10-11H2,1H3,(H2,18,19,20). The number of guanidine groups is 1. The van der Waals surface area contributed by atoms with E-state index in [1.165, 1.54) is 18.9 Å². The third-order valence-electron chi connectivity index (χ3n) is 4.36. The van der Waals surface area contributed by atoms with Gasteiger partial charge in [0.15, 0.2) is 5.96 Å². The number of nitrogens with zero attached hydrogens (tertiary/aromatic N) is 1. The van der Waals surface area contributed by atoms with Gasteiger partial charge in [-0.25, -0.2) is 4.39 Å². The number of aliphatic imine (C=N–C) groups is 1. The lowest BCUT2D eigenvalue weighted by molar-refractivity contribution is 0.606. The average molecular weight is 275 g/mol. The molecule has 0 bridgehead atoms. The molecular formula is C16H22FN3. The highest BCUT2D eigenvalue weighted by Gasteiger charge is 2.44. The van der Waals surface area contributed by atoms with E-state index in [1.54, 1.807) is 19.2 Å². The molecule has 0 spiro atoms. The molecule has 3 nitrogen and oxygen atoms in total.